The number of nitrogens with zero attached hydrogens (tertiary/aromatic N) is 1. The largest absolute Gasteiger partial charge is 0.308 e. The van der Waals surface area contributed by atoms with Gasteiger partial charge in [0.05, 0.1) is 5.69 Å². The number of anilines is 1. The molecule has 0 radical (unpaired) electrons. The predicted molar refractivity (Wildman–Crippen MR) is 117 cm³/mol. The molecular weight excluding hydrogens is 421 g/mol. The van der Waals surface area contributed by atoms with E-state index in [1.54, 1.807) is 30.3 Å². The maximum absolute atomic E-state index is 12.0. The quantitative estimate of drug-likeness (QED) is 0.412. The van der Waals surface area contributed by atoms with E-state index in [2.05, 4.69) is 15.6 Å². The lowest BCUT2D eigenvalue weighted by molar-refractivity contribution is -0.115. The monoisotopic (exact) mass is 433 g/mol. The number of rotatable bonds is 4. The number of carbonyl (C=O) groups excluding carboxylic acids is 1. The molecule has 27 heavy (non-hydrogen) atoms. The fourth-order valence-corrected chi connectivity index (χ4v) is 3.35. The van der Waals surface area contributed by atoms with Crippen molar-refractivity contribution in [1.82, 2.24) is 10.3 Å². The molecule has 0 atom stereocenters. The summed E-state index contributed by atoms with van der Waals surface area (Å²) >= 11 is 18.3. The summed E-state index contributed by atoms with van der Waals surface area (Å²) in [5.41, 5.74) is 2.61. The van der Waals surface area contributed by atoms with Crippen LogP contribution >= 0.6 is 46.8 Å². The highest BCUT2D eigenvalue weighted by Gasteiger charge is 2.07. The molecule has 3 rings (SSSR count). The third kappa shape index (κ3) is 5.87. The van der Waals surface area contributed by atoms with E-state index in [4.69, 9.17) is 35.4 Å². The first-order chi connectivity index (χ1) is 13.0. The molecule has 0 aliphatic heterocycles. The summed E-state index contributed by atoms with van der Waals surface area (Å²) in [6, 6.07) is 14.5. The van der Waals surface area contributed by atoms with Crippen molar-refractivity contribution in [3.63, 3.8) is 0 Å². The van der Waals surface area contributed by atoms with Gasteiger partial charge in [-0.15, -0.1) is 11.3 Å². The van der Waals surface area contributed by atoms with Crippen LogP contribution in [0.5, 0.6) is 0 Å². The summed E-state index contributed by atoms with van der Waals surface area (Å²) in [4.78, 5) is 16.4. The Morgan fingerprint density at radius 3 is 2.33 bits per heavy atom. The highest BCUT2D eigenvalue weighted by Crippen LogP contribution is 2.25. The van der Waals surface area contributed by atoms with E-state index in [9.17, 15) is 4.79 Å². The summed E-state index contributed by atoms with van der Waals surface area (Å²) in [5.74, 6) is -0.336. The Morgan fingerprint density at radius 1 is 1.04 bits per heavy atom. The van der Waals surface area contributed by atoms with E-state index in [-0.39, 0.29) is 11.0 Å². The number of thiazole rings is 1. The minimum Gasteiger partial charge on any atom is -0.308 e. The fourth-order valence-electron chi connectivity index (χ4n) is 2.11. The molecule has 0 aliphatic carbocycles. The van der Waals surface area contributed by atoms with Crippen molar-refractivity contribution < 1.29 is 4.79 Å². The van der Waals surface area contributed by atoms with E-state index >= 15 is 0 Å². The van der Waals surface area contributed by atoms with Gasteiger partial charge in [0, 0.05) is 27.1 Å². The molecule has 3 aromatic rings. The smallest absolute Gasteiger partial charge is 0.250 e. The lowest BCUT2D eigenvalue weighted by Gasteiger charge is -2.04. The van der Waals surface area contributed by atoms with E-state index in [0.717, 1.165) is 16.8 Å². The topological polar surface area (TPSA) is 54.0 Å². The molecule has 2 aromatic carbocycles. The number of carbonyl (C=O) groups is 1. The van der Waals surface area contributed by atoms with Crippen LogP contribution in [-0.2, 0) is 4.79 Å². The zero-order valence-corrected chi connectivity index (χ0v) is 16.9. The number of nitrogens with one attached hydrogen (secondary N) is 2. The summed E-state index contributed by atoms with van der Waals surface area (Å²) in [6.45, 7) is 0. The number of halogens is 2. The van der Waals surface area contributed by atoms with Crippen LogP contribution < -0.4 is 10.6 Å². The normalized spacial score (nSPS) is 10.7. The molecule has 0 spiro atoms. The Hall–Kier alpha value is -2.25. The zero-order chi connectivity index (χ0) is 19.2. The Balaban J connectivity index is 1.55. The van der Waals surface area contributed by atoms with E-state index in [1.165, 1.54) is 17.4 Å². The first-order valence-corrected chi connectivity index (χ1v) is 9.81. The Bertz CT molecular complexity index is 983. The maximum Gasteiger partial charge on any atom is 0.250 e. The van der Waals surface area contributed by atoms with Gasteiger partial charge in [-0.3, -0.25) is 10.1 Å². The minimum atomic E-state index is -0.336. The zero-order valence-electron chi connectivity index (χ0n) is 13.8. The summed E-state index contributed by atoms with van der Waals surface area (Å²) in [6.07, 6.45) is 3.08. The van der Waals surface area contributed by atoms with Gasteiger partial charge in [-0.2, -0.15) is 0 Å². The van der Waals surface area contributed by atoms with Crippen LogP contribution in [0.15, 0.2) is 60.0 Å². The Morgan fingerprint density at radius 2 is 1.67 bits per heavy atom. The first kappa shape index (κ1) is 19.5. The van der Waals surface area contributed by atoms with Gasteiger partial charge in [-0.1, -0.05) is 47.5 Å². The van der Waals surface area contributed by atoms with Gasteiger partial charge in [0.25, 0.3) is 0 Å². The van der Waals surface area contributed by atoms with E-state index in [1.807, 2.05) is 29.6 Å². The molecule has 0 bridgehead atoms. The summed E-state index contributed by atoms with van der Waals surface area (Å²) < 4.78 is 0. The van der Waals surface area contributed by atoms with Crippen LogP contribution in [-0.4, -0.2) is 16.0 Å². The molecule has 0 saturated carbocycles. The van der Waals surface area contributed by atoms with Crippen molar-refractivity contribution in [2.24, 2.45) is 0 Å². The molecule has 1 heterocycles. The van der Waals surface area contributed by atoms with Crippen molar-refractivity contribution in [2.45, 2.75) is 0 Å². The van der Waals surface area contributed by atoms with Crippen LogP contribution in [0.25, 0.3) is 17.3 Å². The summed E-state index contributed by atoms with van der Waals surface area (Å²) in [5, 5.41) is 9.47. The number of amides is 1. The average molecular weight is 434 g/mol. The third-order valence-corrected chi connectivity index (χ3v) is 4.86. The van der Waals surface area contributed by atoms with Crippen molar-refractivity contribution >= 4 is 69.0 Å². The van der Waals surface area contributed by atoms with Crippen molar-refractivity contribution in [1.29, 1.82) is 0 Å². The SMILES string of the molecule is O=C(C=Cc1ccc(Cl)cc1)NC(=S)Nc1nc(-c2ccc(Cl)cc2)cs1. The molecule has 0 fully saturated rings. The molecule has 8 heteroatoms. The number of benzene rings is 2. The van der Waals surface area contributed by atoms with Gasteiger partial charge in [0.1, 0.15) is 0 Å². The highest BCUT2D eigenvalue weighted by molar-refractivity contribution is 7.80. The number of aromatic nitrogens is 1. The third-order valence-electron chi connectivity index (χ3n) is 3.40. The second-order valence-electron chi connectivity index (χ2n) is 5.37. The summed E-state index contributed by atoms with van der Waals surface area (Å²) in [7, 11) is 0. The Kier molecular flexibility index (Phi) is 6.58. The number of thiocarbonyl (C=S) groups is 1. The van der Waals surface area contributed by atoms with Crippen LogP contribution in [0.2, 0.25) is 10.0 Å². The van der Waals surface area contributed by atoms with Gasteiger partial charge in [0.2, 0.25) is 5.91 Å². The lowest BCUT2D eigenvalue weighted by atomic mass is 10.2. The molecule has 4 nitrogen and oxygen atoms in total. The van der Waals surface area contributed by atoms with Crippen molar-refractivity contribution in [2.75, 3.05) is 5.32 Å². The van der Waals surface area contributed by atoms with Crippen LogP contribution in [0.3, 0.4) is 0 Å². The van der Waals surface area contributed by atoms with Crippen LogP contribution in [0.1, 0.15) is 5.56 Å². The molecule has 2 N–H and O–H groups in total. The molecular formula is C19H13Cl2N3OS2. The van der Waals surface area contributed by atoms with Crippen molar-refractivity contribution in [3.8, 4) is 11.3 Å². The van der Waals surface area contributed by atoms with E-state index < -0.39 is 0 Å². The van der Waals surface area contributed by atoms with Gasteiger partial charge < -0.3 is 5.32 Å². The molecule has 1 amide bonds. The average Bonchev–Trinajstić information content (AvgIpc) is 3.10. The van der Waals surface area contributed by atoms with E-state index in [0.29, 0.717) is 15.2 Å². The van der Waals surface area contributed by atoms with Gasteiger partial charge >= 0.3 is 0 Å². The maximum atomic E-state index is 12.0. The minimum absolute atomic E-state index is 0.178. The van der Waals surface area contributed by atoms with Gasteiger partial charge in [-0.05, 0) is 48.1 Å². The number of hydrogen-bond donors (Lipinski definition) is 2. The Labute approximate surface area is 175 Å². The predicted octanol–water partition coefficient (Wildman–Crippen LogP) is 5.64. The van der Waals surface area contributed by atoms with Crippen molar-refractivity contribution in [3.05, 3.63) is 75.6 Å². The first-order valence-electron chi connectivity index (χ1n) is 7.77. The molecule has 0 unspecified atom stereocenters. The second kappa shape index (κ2) is 9.10. The molecule has 1 aromatic heterocycles. The highest BCUT2D eigenvalue weighted by atomic mass is 35.5. The van der Waals surface area contributed by atoms with Crippen LogP contribution in [0, 0.1) is 0 Å². The second-order valence-corrected chi connectivity index (χ2v) is 7.51. The molecule has 0 aliphatic rings. The molecule has 0 saturated heterocycles. The lowest BCUT2D eigenvalue weighted by Crippen LogP contribution is -2.32. The standard InChI is InChI=1S/C19H13Cl2N3OS2/c20-14-6-1-12(2-7-14)3-10-17(25)23-18(26)24-19-22-16(11-27-19)13-4-8-15(21)9-5-13/h1-11H,(H2,22,23,24,25,26). The molecule has 136 valence electrons. The fraction of sp³-hybridized carbons (Fsp3) is 0. The van der Waals surface area contributed by atoms with Gasteiger partial charge in [0.15, 0.2) is 10.2 Å². The number of hydrogen-bond acceptors (Lipinski definition) is 4. The van der Waals surface area contributed by atoms with Crippen LogP contribution in [0.4, 0.5) is 5.13 Å². The van der Waals surface area contributed by atoms with Gasteiger partial charge in [-0.25, -0.2) is 4.98 Å².